The number of carbonyl (C=O) groups is 1. The number of hydrogen-bond donors (Lipinski definition) is 2. The lowest BCUT2D eigenvalue weighted by Crippen LogP contribution is -2.30. The van der Waals surface area contributed by atoms with E-state index in [0.29, 0.717) is 22.2 Å². The molecule has 0 unspecified atom stereocenters. The zero-order valence-electron chi connectivity index (χ0n) is 15.5. The van der Waals surface area contributed by atoms with Crippen LogP contribution in [0.2, 0.25) is 5.02 Å². The molecule has 0 saturated heterocycles. The monoisotopic (exact) mass is 435 g/mol. The van der Waals surface area contributed by atoms with Crippen molar-refractivity contribution in [3.63, 3.8) is 0 Å². The molecule has 10 heteroatoms. The van der Waals surface area contributed by atoms with Crippen molar-refractivity contribution in [1.29, 1.82) is 0 Å². The number of sulfonamides is 1. The molecule has 1 aromatic heterocycles. The lowest BCUT2D eigenvalue weighted by molar-refractivity contribution is -0.122. The molecule has 3 rings (SSSR count). The van der Waals surface area contributed by atoms with Gasteiger partial charge in [0.2, 0.25) is 0 Å². The zero-order chi connectivity index (χ0) is 21.0. The number of anilines is 2. The Morgan fingerprint density at radius 1 is 1.17 bits per heavy atom. The van der Waals surface area contributed by atoms with Crippen LogP contribution in [0.15, 0.2) is 64.0 Å². The van der Waals surface area contributed by atoms with Crippen molar-refractivity contribution in [1.82, 2.24) is 5.16 Å². The molecule has 0 spiro atoms. The molecule has 3 aromatic rings. The van der Waals surface area contributed by atoms with Gasteiger partial charge in [-0.2, -0.15) is 0 Å². The van der Waals surface area contributed by atoms with Gasteiger partial charge in [0.1, 0.15) is 11.5 Å². The average molecular weight is 436 g/mol. The van der Waals surface area contributed by atoms with E-state index in [1.54, 1.807) is 38.1 Å². The highest BCUT2D eigenvalue weighted by molar-refractivity contribution is 7.92. The van der Waals surface area contributed by atoms with Crippen LogP contribution in [0, 0.1) is 6.92 Å². The molecular weight excluding hydrogens is 418 g/mol. The van der Waals surface area contributed by atoms with E-state index in [1.165, 1.54) is 30.3 Å². The molecule has 0 aliphatic carbocycles. The van der Waals surface area contributed by atoms with E-state index in [4.69, 9.17) is 20.9 Å². The molecule has 29 heavy (non-hydrogen) atoms. The molecule has 2 aromatic carbocycles. The zero-order valence-corrected chi connectivity index (χ0v) is 17.1. The van der Waals surface area contributed by atoms with Gasteiger partial charge in [0, 0.05) is 16.8 Å². The van der Waals surface area contributed by atoms with E-state index in [1.807, 2.05) is 0 Å². The summed E-state index contributed by atoms with van der Waals surface area (Å²) in [4.78, 5) is 12.3. The summed E-state index contributed by atoms with van der Waals surface area (Å²) in [5.74, 6) is 0.647. The van der Waals surface area contributed by atoms with Crippen molar-refractivity contribution in [3.8, 4) is 5.75 Å². The van der Waals surface area contributed by atoms with E-state index in [9.17, 15) is 13.2 Å². The van der Waals surface area contributed by atoms with Gasteiger partial charge >= 0.3 is 0 Å². The first-order valence-electron chi connectivity index (χ1n) is 8.52. The Morgan fingerprint density at radius 3 is 2.52 bits per heavy atom. The van der Waals surface area contributed by atoms with Crippen LogP contribution in [0.25, 0.3) is 0 Å². The molecule has 1 atom stereocenters. The van der Waals surface area contributed by atoms with Crippen LogP contribution < -0.4 is 14.8 Å². The van der Waals surface area contributed by atoms with Crippen LogP contribution in [0.3, 0.4) is 0 Å². The predicted octanol–water partition coefficient (Wildman–Crippen LogP) is 3.84. The van der Waals surface area contributed by atoms with E-state index in [-0.39, 0.29) is 10.7 Å². The lowest BCUT2D eigenvalue weighted by atomic mass is 10.3. The first-order chi connectivity index (χ1) is 13.7. The predicted molar refractivity (Wildman–Crippen MR) is 109 cm³/mol. The molecule has 0 radical (unpaired) electrons. The van der Waals surface area contributed by atoms with Crippen molar-refractivity contribution in [2.75, 3.05) is 10.0 Å². The number of benzene rings is 2. The highest BCUT2D eigenvalue weighted by Crippen LogP contribution is 2.20. The summed E-state index contributed by atoms with van der Waals surface area (Å²) in [7, 11) is -3.83. The van der Waals surface area contributed by atoms with Gasteiger partial charge in [-0.15, -0.1) is 0 Å². The molecule has 8 nitrogen and oxygen atoms in total. The molecule has 1 amide bonds. The van der Waals surface area contributed by atoms with E-state index >= 15 is 0 Å². The topological polar surface area (TPSA) is 111 Å². The van der Waals surface area contributed by atoms with Gasteiger partial charge in [0.15, 0.2) is 11.9 Å². The van der Waals surface area contributed by atoms with Crippen molar-refractivity contribution < 1.29 is 22.5 Å². The van der Waals surface area contributed by atoms with Crippen molar-refractivity contribution >= 4 is 39.0 Å². The molecule has 0 aliphatic heterocycles. The maximum Gasteiger partial charge on any atom is 0.265 e. The van der Waals surface area contributed by atoms with Crippen molar-refractivity contribution in [2.45, 2.75) is 24.8 Å². The van der Waals surface area contributed by atoms with Gasteiger partial charge in [-0.1, -0.05) is 22.8 Å². The molecule has 1 heterocycles. The number of aromatic nitrogens is 1. The highest BCUT2D eigenvalue weighted by atomic mass is 35.5. The summed E-state index contributed by atoms with van der Waals surface area (Å²) in [5.41, 5.74) is 0.424. The second-order valence-corrected chi connectivity index (χ2v) is 8.28. The minimum absolute atomic E-state index is 0.0133. The van der Waals surface area contributed by atoms with Gasteiger partial charge in [-0.25, -0.2) is 8.42 Å². The van der Waals surface area contributed by atoms with Crippen LogP contribution in [-0.4, -0.2) is 25.6 Å². The number of hydrogen-bond acceptors (Lipinski definition) is 6. The summed E-state index contributed by atoms with van der Waals surface area (Å²) in [5, 5.41) is 6.77. The van der Waals surface area contributed by atoms with E-state index in [2.05, 4.69) is 15.2 Å². The quantitative estimate of drug-likeness (QED) is 0.583. The Balaban J connectivity index is 1.62. The Kier molecular flexibility index (Phi) is 6.09. The number of aryl methyl sites for hydroxylation is 1. The Hall–Kier alpha value is -3.04. The van der Waals surface area contributed by atoms with Crippen LogP contribution >= 0.6 is 11.6 Å². The summed E-state index contributed by atoms with van der Waals surface area (Å²) >= 11 is 5.90. The van der Waals surface area contributed by atoms with Gasteiger partial charge in [-0.3, -0.25) is 9.52 Å². The number of amides is 1. The van der Waals surface area contributed by atoms with Crippen molar-refractivity contribution in [3.05, 3.63) is 65.4 Å². The molecule has 0 fully saturated rings. The van der Waals surface area contributed by atoms with Gasteiger partial charge in [0.05, 0.1) is 4.90 Å². The summed E-state index contributed by atoms with van der Waals surface area (Å²) in [6.45, 7) is 3.25. The number of nitrogens with zero attached hydrogens (tertiary/aromatic N) is 1. The minimum atomic E-state index is -3.83. The number of rotatable bonds is 7. The first-order valence-corrected chi connectivity index (χ1v) is 10.4. The molecular formula is C19H18ClN3O5S. The van der Waals surface area contributed by atoms with Gasteiger partial charge in [-0.05, 0) is 56.3 Å². The summed E-state index contributed by atoms with van der Waals surface area (Å²) < 4.78 is 37.5. The molecule has 0 aliphatic rings. The first kappa shape index (κ1) is 20.7. The Labute approximate surface area is 172 Å². The van der Waals surface area contributed by atoms with Crippen LogP contribution in [0.4, 0.5) is 11.5 Å². The Bertz CT molecular complexity index is 1110. The minimum Gasteiger partial charge on any atom is -0.481 e. The third-order valence-electron chi connectivity index (χ3n) is 3.78. The molecule has 152 valence electrons. The fourth-order valence-corrected chi connectivity index (χ4v) is 3.53. The summed E-state index contributed by atoms with van der Waals surface area (Å²) in [6, 6.07) is 13.9. The van der Waals surface area contributed by atoms with Crippen LogP contribution in [-0.2, 0) is 14.8 Å². The maximum absolute atomic E-state index is 12.4. The number of nitrogens with one attached hydrogen (secondary N) is 2. The fourth-order valence-electron chi connectivity index (χ4n) is 2.37. The maximum atomic E-state index is 12.4. The van der Waals surface area contributed by atoms with E-state index in [0.717, 1.165) is 0 Å². The lowest BCUT2D eigenvalue weighted by Gasteiger charge is -2.15. The number of carbonyl (C=O) groups excluding carboxylic acids is 1. The second kappa shape index (κ2) is 8.54. The van der Waals surface area contributed by atoms with Gasteiger partial charge in [0.25, 0.3) is 15.9 Å². The largest absolute Gasteiger partial charge is 0.481 e. The Morgan fingerprint density at radius 2 is 1.90 bits per heavy atom. The van der Waals surface area contributed by atoms with E-state index < -0.39 is 22.0 Å². The standard InChI is InChI=1S/C19H18ClN3O5S/c1-12-10-18(22-28-12)23-29(25,26)17-8-6-15(7-9-17)21-19(24)13(2)27-16-5-3-4-14(20)11-16/h3-11,13H,1-2H3,(H,21,24)(H,22,23)/t13-/m1/s1. The molecule has 0 saturated carbocycles. The fraction of sp³-hybridized carbons (Fsp3) is 0.158. The third-order valence-corrected chi connectivity index (χ3v) is 5.38. The number of ether oxygens (including phenoxy) is 1. The normalized spacial score (nSPS) is 12.2. The van der Waals surface area contributed by atoms with Gasteiger partial charge < -0.3 is 14.6 Å². The third kappa shape index (κ3) is 5.49. The van der Waals surface area contributed by atoms with Crippen LogP contribution in [0.5, 0.6) is 5.75 Å². The SMILES string of the molecule is Cc1cc(NS(=O)(=O)c2ccc(NC(=O)[C@@H](C)Oc3cccc(Cl)c3)cc2)no1. The summed E-state index contributed by atoms with van der Waals surface area (Å²) in [6.07, 6.45) is -0.783. The average Bonchev–Trinajstić information content (AvgIpc) is 3.06. The second-order valence-electron chi connectivity index (χ2n) is 6.16. The molecule has 2 N–H and O–H groups in total. The highest BCUT2D eigenvalue weighted by Gasteiger charge is 2.18. The van der Waals surface area contributed by atoms with Crippen LogP contribution in [0.1, 0.15) is 12.7 Å². The smallest absolute Gasteiger partial charge is 0.265 e. The molecule has 0 bridgehead atoms. The number of halogens is 1. The van der Waals surface area contributed by atoms with Crippen molar-refractivity contribution in [2.24, 2.45) is 0 Å².